The molecular weight excluding hydrogens is 571 g/mol. The third-order valence-corrected chi connectivity index (χ3v) is 8.64. The smallest absolute Gasteiger partial charge is 0.330 e. The van der Waals surface area contributed by atoms with E-state index in [-0.39, 0.29) is 5.69 Å². The summed E-state index contributed by atoms with van der Waals surface area (Å²) in [5.74, 6) is -3.25. The summed E-state index contributed by atoms with van der Waals surface area (Å²) in [5, 5.41) is 0.598. The highest BCUT2D eigenvalue weighted by Gasteiger charge is 2.65. The second kappa shape index (κ2) is 10.5. The van der Waals surface area contributed by atoms with Crippen LogP contribution in [0.4, 0.5) is 11.4 Å². The van der Waals surface area contributed by atoms with Gasteiger partial charge in [0.2, 0.25) is 11.8 Å². The Bertz CT molecular complexity index is 1680. The van der Waals surface area contributed by atoms with Crippen molar-refractivity contribution in [3.8, 4) is 0 Å². The molecule has 4 aromatic carbocycles. The first-order valence-corrected chi connectivity index (χ1v) is 14.4. The normalized spacial score (nSPS) is 22.3. The van der Waals surface area contributed by atoms with Gasteiger partial charge >= 0.3 is 5.97 Å². The number of anilines is 2. The molecule has 0 unspecified atom stereocenters. The summed E-state index contributed by atoms with van der Waals surface area (Å²) >= 11 is 12.5. The van der Waals surface area contributed by atoms with Gasteiger partial charge in [-0.2, -0.15) is 0 Å². The first-order valence-electron chi connectivity index (χ1n) is 13.6. The molecule has 0 aromatic heterocycles. The van der Waals surface area contributed by atoms with E-state index in [4.69, 9.17) is 27.9 Å². The highest BCUT2D eigenvalue weighted by molar-refractivity contribution is 6.36. The van der Waals surface area contributed by atoms with Crippen LogP contribution in [-0.4, -0.2) is 29.9 Å². The predicted molar refractivity (Wildman–Crippen MR) is 162 cm³/mol. The summed E-state index contributed by atoms with van der Waals surface area (Å²) in [5.41, 5.74) is 3.54. The van der Waals surface area contributed by atoms with Gasteiger partial charge in [0.15, 0.2) is 6.10 Å². The minimum absolute atomic E-state index is 0.280. The van der Waals surface area contributed by atoms with Crippen LogP contribution in [0.15, 0.2) is 109 Å². The van der Waals surface area contributed by atoms with Gasteiger partial charge in [0.05, 0.1) is 23.6 Å². The molecular formula is C34H24Cl2N2O4. The van der Waals surface area contributed by atoms with E-state index in [0.717, 1.165) is 27.3 Å². The van der Waals surface area contributed by atoms with Gasteiger partial charge in [0.1, 0.15) is 6.04 Å². The van der Waals surface area contributed by atoms with E-state index >= 15 is 0 Å². The zero-order valence-corrected chi connectivity index (χ0v) is 23.7. The summed E-state index contributed by atoms with van der Waals surface area (Å²) in [6, 6.07) is 29.6. The van der Waals surface area contributed by atoms with Crippen LogP contribution < -0.4 is 9.80 Å². The lowest BCUT2D eigenvalue weighted by atomic mass is 9.88. The predicted octanol–water partition coefficient (Wildman–Crippen LogP) is 6.72. The van der Waals surface area contributed by atoms with Gasteiger partial charge in [-0.3, -0.25) is 9.59 Å². The first kappa shape index (κ1) is 26.5. The molecule has 3 aliphatic heterocycles. The topological polar surface area (TPSA) is 66.9 Å². The fraction of sp³-hybridized carbons (Fsp3) is 0.147. The second-order valence-corrected chi connectivity index (χ2v) is 11.5. The number of ether oxygens (including phenoxy) is 1. The number of esters is 1. The van der Waals surface area contributed by atoms with Gasteiger partial charge < -0.3 is 9.64 Å². The molecule has 0 saturated carbocycles. The van der Waals surface area contributed by atoms with Crippen molar-refractivity contribution in [2.24, 2.45) is 11.8 Å². The zero-order valence-electron chi connectivity index (χ0n) is 22.1. The number of halogens is 2. The molecule has 2 amide bonds. The van der Waals surface area contributed by atoms with Crippen molar-refractivity contribution in [2.45, 2.75) is 18.2 Å². The lowest BCUT2D eigenvalue weighted by Gasteiger charge is -2.36. The molecule has 0 bridgehead atoms. The second-order valence-electron chi connectivity index (χ2n) is 10.6. The van der Waals surface area contributed by atoms with E-state index in [1.165, 1.54) is 18.2 Å². The van der Waals surface area contributed by atoms with Gasteiger partial charge in [-0.1, -0.05) is 114 Å². The van der Waals surface area contributed by atoms with Crippen molar-refractivity contribution in [3.05, 3.63) is 136 Å². The van der Waals surface area contributed by atoms with Crippen molar-refractivity contribution < 1.29 is 19.1 Å². The molecule has 4 aromatic rings. The lowest BCUT2D eigenvalue weighted by Crippen LogP contribution is -2.49. The summed E-state index contributed by atoms with van der Waals surface area (Å²) < 4.78 is 6.31. The van der Waals surface area contributed by atoms with Crippen LogP contribution in [0.25, 0.3) is 6.08 Å². The average molecular weight is 595 g/mol. The van der Waals surface area contributed by atoms with Crippen LogP contribution in [0.2, 0.25) is 10.0 Å². The van der Waals surface area contributed by atoms with Crippen LogP contribution in [0.1, 0.15) is 22.8 Å². The third-order valence-electron chi connectivity index (χ3n) is 8.20. The van der Waals surface area contributed by atoms with Crippen LogP contribution in [0, 0.1) is 11.8 Å². The van der Waals surface area contributed by atoms with E-state index in [1.54, 1.807) is 0 Å². The van der Waals surface area contributed by atoms with Crippen molar-refractivity contribution >= 4 is 58.4 Å². The van der Waals surface area contributed by atoms with E-state index in [9.17, 15) is 14.4 Å². The van der Waals surface area contributed by atoms with Gasteiger partial charge in [-0.05, 0) is 41.0 Å². The number of amides is 2. The number of benzene rings is 4. The van der Waals surface area contributed by atoms with E-state index in [0.29, 0.717) is 10.0 Å². The standard InChI is InChI=1S/C34H24Cl2N2O4/c35-23-17-24(36)19-25(18-23)37-32(39)28-27-16-15-20-9-7-8-14-26(20)38(27)30(29(28)33(37)40)34(41)42-31(21-10-3-1-4-11-21)22-12-5-2-6-13-22/h1-19,27-31H/t27-,28-,29-,30+/m1/s1. The largest absolute Gasteiger partial charge is 0.451 e. The Hall–Kier alpha value is -4.39. The molecule has 3 aliphatic rings. The Morgan fingerprint density at radius 1 is 0.738 bits per heavy atom. The number of imide groups is 1. The summed E-state index contributed by atoms with van der Waals surface area (Å²) in [4.78, 5) is 45.6. The molecule has 42 heavy (non-hydrogen) atoms. The van der Waals surface area contributed by atoms with E-state index in [1.807, 2.05) is 102 Å². The van der Waals surface area contributed by atoms with Crippen LogP contribution in [0.5, 0.6) is 0 Å². The summed E-state index contributed by atoms with van der Waals surface area (Å²) in [6.07, 6.45) is 3.14. The average Bonchev–Trinajstić information content (AvgIpc) is 3.48. The maximum absolute atomic E-state index is 14.4. The van der Waals surface area contributed by atoms with Crippen molar-refractivity contribution in [3.63, 3.8) is 0 Å². The molecule has 0 spiro atoms. The molecule has 0 radical (unpaired) electrons. The number of hydrogen-bond acceptors (Lipinski definition) is 5. The molecule has 6 nitrogen and oxygen atoms in total. The Morgan fingerprint density at radius 3 is 1.95 bits per heavy atom. The molecule has 0 aliphatic carbocycles. The highest BCUT2D eigenvalue weighted by atomic mass is 35.5. The number of nitrogens with zero attached hydrogens (tertiary/aromatic N) is 2. The van der Waals surface area contributed by atoms with Crippen molar-refractivity contribution in [2.75, 3.05) is 9.80 Å². The molecule has 3 heterocycles. The molecule has 0 N–H and O–H groups in total. The maximum atomic E-state index is 14.4. The Labute approximate surface area is 252 Å². The maximum Gasteiger partial charge on any atom is 0.330 e. The lowest BCUT2D eigenvalue weighted by molar-refractivity contribution is -0.151. The molecule has 2 fully saturated rings. The van der Waals surface area contributed by atoms with E-state index < -0.39 is 47.8 Å². The first-order chi connectivity index (χ1) is 20.4. The van der Waals surface area contributed by atoms with Crippen LogP contribution >= 0.6 is 23.2 Å². The molecule has 7 rings (SSSR count). The quantitative estimate of drug-likeness (QED) is 0.190. The summed E-state index contributed by atoms with van der Waals surface area (Å²) in [7, 11) is 0. The Kier molecular flexibility index (Phi) is 6.60. The van der Waals surface area contributed by atoms with E-state index in [2.05, 4.69) is 0 Å². The van der Waals surface area contributed by atoms with Gasteiger partial charge in [0, 0.05) is 15.7 Å². The minimum atomic E-state index is -1.04. The number of para-hydroxylation sites is 1. The molecule has 208 valence electrons. The van der Waals surface area contributed by atoms with Gasteiger partial charge in [-0.15, -0.1) is 0 Å². The van der Waals surface area contributed by atoms with Crippen LogP contribution in [-0.2, 0) is 19.1 Å². The number of carbonyl (C=O) groups excluding carboxylic acids is 3. The van der Waals surface area contributed by atoms with Crippen molar-refractivity contribution in [1.29, 1.82) is 0 Å². The van der Waals surface area contributed by atoms with Crippen LogP contribution in [0.3, 0.4) is 0 Å². The summed E-state index contributed by atoms with van der Waals surface area (Å²) in [6.45, 7) is 0. The zero-order chi connectivity index (χ0) is 29.0. The Morgan fingerprint density at radius 2 is 1.31 bits per heavy atom. The van der Waals surface area contributed by atoms with Gasteiger partial charge in [-0.25, -0.2) is 9.69 Å². The minimum Gasteiger partial charge on any atom is -0.451 e. The monoisotopic (exact) mass is 594 g/mol. The third kappa shape index (κ3) is 4.30. The highest BCUT2D eigenvalue weighted by Crippen LogP contribution is 2.50. The van der Waals surface area contributed by atoms with Gasteiger partial charge in [0.25, 0.3) is 0 Å². The van der Waals surface area contributed by atoms with Crippen molar-refractivity contribution in [1.82, 2.24) is 0 Å². The fourth-order valence-corrected chi connectivity index (χ4v) is 6.99. The Balaban J connectivity index is 1.32. The fourth-order valence-electron chi connectivity index (χ4n) is 6.48. The molecule has 2 saturated heterocycles. The number of fused-ring (bicyclic) bond motifs is 5. The number of rotatable bonds is 5. The number of carbonyl (C=O) groups is 3. The molecule has 8 heteroatoms. The SMILES string of the molecule is O=C(OC(c1ccccc1)c1ccccc1)[C@@H]1[C@@H]2C(=O)N(c3cc(Cl)cc(Cl)c3)C(=O)[C@@H]2[C@H]2C=Cc3ccccc3N21. The number of hydrogen-bond donors (Lipinski definition) is 0. The molecule has 4 atom stereocenters.